The number of hydrazone groups is 1. The van der Waals surface area contributed by atoms with Gasteiger partial charge in [0, 0.05) is 11.9 Å². The summed E-state index contributed by atoms with van der Waals surface area (Å²) in [5.41, 5.74) is 4.22. The Bertz CT molecular complexity index is 498. The van der Waals surface area contributed by atoms with Crippen molar-refractivity contribution in [2.45, 2.75) is 44.9 Å². The Labute approximate surface area is 119 Å². The SMILES string of the molecule is O=C(N/N=C1/CC[C@H]2CCCC[C@@H]2C1)c1ccccn1. The highest BCUT2D eigenvalue weighted by molar-refractivity contribution is 5.94. The van der Waals surface area contributed by atoms with Crippen LogP contribution in [0.2, 0.25) is 0 Å². The Hall–Kier alpha value is -1.71. The number of aromatic nitrogens is 1. The Balaban J connectivity index is 1.58. The molecule has 0 radical (unpaired) electrons. The molecule has 0 bridgehead atoms. The van der Waals surface area contributed by atoms with Crippen LogP contribution in [0.15, 0.2) is 29.5 Å². The molecule has 0 aliphatic heterocycles. The molecule has 1 N–H and O–H groups in total. The Morgan fingerprint density at radius 2 is 2.05 bits per heavy atom. The second-order valence-electron chi connectivity index (χ2n) is 5.88. The van der Waals surface area contributed by atoms with Crippen LogP contribution in [0.3, 0.4) is 0 Å². The first-order valence-corrected chi connectivity index (χ1v) is 7.60. The maximum Gasteiger partial charge on any atom is 0.289 e. The summed E-state index contributed by atoms with van der Waals surface area (Å²) in [5.74, 6) is 1.47. The monoisotopic (exact) mass is 271 g/mol. The third-order valence-corrected chi connectivity index (χ3v) is 4.58. The summed E-state index contributed by atoms with van der Waals surface area (Å²) in [6.07, 6.45) is 10.4. The predicted octanol–water partition coefficient (Wildman–Crippen LogP) is 3.16. The first-order chi connectivity index (χ1) is 9.83. The molecule has 0 aromatic carbocycles. The van der Waals surface area contributed by atoms with E-state index < -0.39 is 0 Å². The molecule has 2 aliphatic carbocycles. The van der Waals surface area contributed by atoms with E-state index in [4.69, 9.17) is 0 Å². The van der Waals surface area contributed by atoms with Gasteiger partial charge >= 0.3 is 0 Å². The molecular weight excluding hydrogens is 250 g/mol. The number of carbonyl (C=O) groups is 1. The highest BCUT2D eigenvalue weighted by Crippen LogP contribution is 2.39. The zero-order chi connectivity index (χ0) is 13.8. The fraction of sp³-hybridized carbons (Fsp3) is 0.562. The molecule has 3 rings (SSSR count). The molecule has 20 heavy (non-hydrogen) atoms. The van der Waals surface area contributed by atoms with Gasteiger partial charge in [-0.1, -0.05) is 25.3 Å². The lowest BCUT2D eigenvalue weighted by molar-refractivity contribution is 0.0949. The molecule has 1 heterocycles. The average molecular weight is 271 g/mol. The quantitative estimate of drug-likeness (QED) is 0.840. The van der Waals surface area contributed by atoms with Crippen LogP contribution >= 0.6 is 0 Å². The molecule has 2 atom stereocenters. The van der Waals surface area contributed by atoms with E-state index in [0.29, 0.717) is 5.69 Å². The van der Waals surface area contributed by atoms with E-state index in [1.165, 1.54) is 32.1 Å². The standard InChI is InChI=1S/C16H21N3O/c20-16(15-7-3-4-10-17-15)19-18-14-9-8-12-5-1-2-6-13(12)11-14/h3-4,7,10,12-13H,1-2,5-6,8-9,11H2,(H,19,20)/b18-14-/t12-,13-/m1/s1. The number of amides is 1. The number of pyridine rings is 1. The van der Waals surface area contributed by atoms with Gasteiger partial charge in [0.2, 0.25) is 0 Å². The highest BCUT2D eigenvalue weighted by atomic mass is 16.2. The largest absolute Gasteiger partial charge is 0.289 e. The third-order valence-electron chi connectivity index (χ3n) is 4.58. The summed E-state index contributed by atoms with van der Waals surface area (Å²) >= 11 is 0. The fourth-order valence-electron chi connectivity index (χ4n) is 3.48. The summed E-state index contributed by atoms with van der Waals surface area (Å²) in [4.78, 5) is 15.9. The van der Waals surface area contributed by atoms with Crippen molar-refractivity contribution in [2.75, 3.05) is 0 Å². The lowest BCUT2D eigenvalue weighted by Gasteiger charge is -2.35. The van der Waals surface area contributed by atoms with E-state index in [9.17, 15) is 4.79 Å². The van der Waals surface area contributed by atoms with Crippen LogP contribution in [0.25, 0.3) is 0 Å². The first-order valence-electron chi connectivity index (χ1n) is 7.60. The summed E-state index contributed by atoms with van der Waals surface area (Å²) in [6.45, 7) is 0. The normalized spacial score (nSPS) is 27.9. The number of nitrogens with one attached hydrogen (secondary N) is 1. The van der Waals surface area contributed by atoms with Crippen molar-refractivity contribution >= 4 is 11.6 Å². The van der Waals surface area contributed by atoms with Crippen LogP contribution < -0.4 is 5.43 Å². The summed E-state index contributed by atoms with van der Waals surface area (Å²) in [7, 11) is 0. The lowest BCUT2D eigenvalue weighted by atomic mass is 9.70. The van der Waals surface area contributed by atoms with Gasteiger partial charge < -0.3 is 0 Å². The van der Waals surface area contributed by atoms with Gasteiger partial charge in [0.25, 0.3) is 5.91 Å². The van der Waals surface area contributed by atoms with Crippen LogP contribution in [0.4, 0.5) is 0 Å². The van der Waals surface area contributed by atoms with Crippen LogP contribution in [0.5, 0.6) is 0 Å². The smallest absolute Gasteiger partial charge is 0.266 e. The van der Waals surface area contributed by atoms with Gasteiger partial charge in [-0.2, -0.15) is 5.10 Å². The number of hydrogen-bond acceptors (Lipinski definition) is 3. The van der Waals surface area contributed by atoms with Crippen molar-refractivity contribution in [1.29, 1.82) is 0 Å². The van der Waals surface area contributed by atoms with Gasteiger partial charge in [-0.3, -0.25) is 9.78 Å². The number of nitrogens with zero attached hydrogens (tertiary/aromatic N) is 2. The molecule has 2 aliphatic rings. The molecule has 0 spiro atoms. The Kier molecular flexibility index (Phi) is 4.09. The van der Waals surface area contributed by atoms with Crippen LogP contribution in [0.1, 0.15) is 55.4 Å². The molecule has 2 fully saturated rings. The van der Waals surface area contributed by atoms with Crippen molar-refractivity contribution in [3.05, 3.63) is 30.1 Å². The van der Waals surface area contributed by atoms with E-state index >= 15 is 0 Å². The molecule has 0 saturated heterocycles. The van der Waals surface area contributed by atoms with Gasteiger partial charge in [-0.15, -0.1) is 0 Å². The molecule has 1 amide bonds. The van der Waals surface area contributed by atoms with Crippen LogP contribution in [-0.2, 0) is 0 Å². The predicted molar refractivity (Wildman–Crippen MR) is 78.4 cm³/mol. The molecule has 2 saturated carbocycles. The van der Waals surface area contributed by atoms with E-state index in [2.05, 4.69) is 15.5 Å². The zero-order valence-corrected chi connectivity index (χ0v) is 11.7. The van der Waals surface area contributed by atoms with E-state index in [0.717, 1.165) is 30.4 Å². The minimum absolute atomic E-state index is 0.219. The van der Waals surface area contributed by atoms with Gasteiger partial charge in [0.1, 0.15) is 5.69 Å². The Morgan fingerprint density at radius 3 is 2.85 bits per heavy atom. The second kappa shape index (κ2) is 6.16. The molecule has 1 aromatic rings. The third kappa shape index (κ3) is 3.06. The molecular formula is C16H21N3O. The maximum absolute atomic E-state index is 11.9. The zero-order valence-electron chi connectivity index (χ0n) is 11.7. The highest BCUT2D eigenvalue weighted by Gasteiger charge is 2.30. The van der Waals surface area contributed by atoms with Gasteiger partial charge in [-0.05, 0) is 49.7 Å². The molecule has 106 valence electrons. The van der Waals surface area contributed by atoms with Crippen LogP contribution in [-0.4, -0.2) is 16.6 Å². The minimum atomic E-state index is -0.219. The van der Waals surface area contributed by atoms with Gasteiger partial charge in [-0.25, -0.2) is 5.43 Å². The molecule has 4 heteroatoms. The van der Waals surface area contributed by atoms with Crippen LogP contribution in [0, 0.1) is 11.8 Å². The van der Waals surface area contributed by atoms with Crippen molar-refractivity contribution in [2.24, 2.45) is 16.9 Å². The van der Waals surface area contributed by atoms with Gasteiger partial charge in [0.05, 0.1) is 0 Å². The number of hydrogen-bond donors (Lipinski definition) is 1. The van der Waals surface area contributed by atoms with Gasteiger partial charge in [0.15, 0.2) is 0 Å². The minimum Gasteiger partial charge on any atom is -0.266 e. The number of fused-ring (bicyclic) bond motifs is 1. The summed E-state index contributed by atoms with van der Waals surface area (Å²) in [6, 6.07) is 5.31. The molecule has 1 aromatic heterocycles. The Morgan fingerprint density at radius 1 is 1.20 bits per heavy atom. The van der Waals surface area contributed by atoms with Crippen molar-refractivity contribution in [3.8, 4) is 0 Å². The molecule has 0 unspecified atom stereocenters. The average Bonchev–Trinajstić information content (AvgIpc) is 2.53. The molecule has 4 nitrogen and oxygen atoms in total. The number of carbonyl (C=O) groups excluding carboxylic acids is 1. The van der Waals surface area contributed by atoms with E-state index in [-0.39, 0.29) is 5.91 Å². The number of rotatable bonds is 2. The fourth-order valence-corrected chi connectivity index (χ4v) is 3.48. The van der Waals surface area contributed by atoms with E-state index in [1.807, 2.05) is 6.07 Å². The van der Waals surface area contributed by atoms with Crippen molar-refractivity contribution < 1.29 is 4.79 Å². The first kappa shape index (κ1) is 13.3. The maximum atomic E-state index is 11.9. The lowest BCUT2D eigenvalue weighted by Crippen LogP contribution is -2.29. The van der Waals surface area contributed by atoms with Crippen molar-refractivity contribution in [3.63, 3.8) is 0 Å². The summed E-state index contributed by atoms with van der Waals surface area (Å²) < 4.78 is 0. The summed E-state index contributed by atoms with van der Waals surface area (Å²) in [5, 5.41) is 4.33. The topological polar surface area (TPSA) is 54.4 Å². The van der Waals surface area contributed by atoms with Crippen molar-refractivity contribution in [1.82, 2.24) is 10.4 Å². The second-order valence-corrected chi connectivity index (χ2v) is 5.88. The van der Waals surface area contributed by atoms with E-state index in [1.54, 1.807) is 18.3 Å².